The summed E-state index contributed by atoms with van der Waals surface area (Å²) in [5, 5.41) is 0. The summed E-state index contributed by atoms with van der Waals surface area (Å²) in [6.45, 7) is 0. The monoisotopic (exact) mass is 312 g/mol. The van der Waals surface area contributed by atoms with Gasteiger partial charge in [0.15, 0.2) is 0 Å². The second-order valence-electron chi connectivity index (χ2n) is 3.98. The minimum atomic E-state index is 0.974. The minimum Gasteiger partial charge on any atom is -0.244 e. The van der Waals surface area contributed by atoms with Crippen LogP contribution in [0.1, 0.15) is 0 Å². The van der Waals surface area contributed by atoms with E-state index in [1.165, 1.54) is 12.7 Å². The van der Waals surface area contributed by atoms with Crippen molar-refractivity contribution in [2.24, 2.45) is 0 Å². The second kappa shape index (κ2) is 5.24. The summed E-state index contributed by atoms with van der Waals surface area (Å²) in [5.74, 6) is 0. The SMILES string of the molecule is Brc1cc(-c2cncnc2)cc(-c2cncnc2)c1. The third-order valence-corrected chi connectivity index (χ3v) is 3.14. The molecule has 2 aromatic heterocycles. The number of benzene rings is 1. The first-order valence-electron chi connectivity index (χ1n) is 5.64. The predicted molar refractivity (Wildman–Crippen MR) is 76.2 cm³/mol. The standard InChI is InChI=1S/C14H9BrN4/c15-14-2-10(12-4-16-8-17-5-12)1-11(3-14)13-6-18-9-19-7-13/h1-9H. The molecule has 0 aliphatic heterocycles. The average molecular weight is 313 g/mol. The number of hydrogen-bond acceptors (Lipinski definition) is 4. The maximum atomic E-state index is 4.04. The fourth-order valence-corrected chi connectivity index (χ4v) is 2.31. The van der Waals surface area contributed by atoms with Crippen molar-refractivity contribution in [3.05, 3.63) is 60.1 Å². The van der Waals surface area contributed by atoms with Gasteiger partial charge in [-0.05, 0) is 29.3 Å². The van der Waals surface area contributed by atoms with E-state index < -0.39 is 0 Å². The van der Waals surface area contributed by atoms with E-state index in [1.54, 1.807) is 24.8 Å². The van der Waals surface area contributed by atoms with Crippen LogP contribution in [0.3, 0.4) is 0 Å². The highest BCUT2D eigenvalue weighted by Crippen LogP contribution is 2.29. The molecule has 0 atom stereocenters. The molecule has 4 nitrogen and oxygen atoms in total. The molecule has 19 heavy (non-hydrogen) atoms. The van der Waals surface area contributed by atoms with Gasteiger partial charge in [-0.1, -0.05) is 15.9 Å². The first-order valence-corrected chi connectivity index (χ1v) is 6.43. The van der Waals surface area contributed by atoms with Crippen molar-refractivity contribution in [3.63, 3.8) is 0 Å². The number of aromatic nitrogens is 4. The maximum absolute atomic E-state index is 4.04. The zero-order valence-electron chi connectivity index (χ0n) is 9.86. The van der Waals surface area contributed by atoms with Gasteiger partial charge < -0.3 is 0 Å². The zero-order chi connectivity index (χ0) is 13.1. The quantitative estimate of drug-likeness (QED) is 0.728. The summed E-state index contributed by atoms with van der Waals surface area (Å²) in [7, 11) is 0. The van der Waals surface area contributed by atoms with Crippen molar-refractivity contribution in [2.75, 3.05) is 0 Å². The Kier molecular flexibility index (Phi) is 3.29. The van der Waals surface area contributed by atoms with Gasteiger partial charge in [-0.2, -0.15) is 0 Å². The molecule has 1 aromatic carbocycles. The third kappa shape index (κ3) is 2.66. The summed E-state index contributed by atoms with van der Waals surface area (Å²) in [5.41, 5.74) is 4.05. The fraction of sp³-hybridized carbons (Fsp3) is 0. The van der Waals surface area contributed by atoms with Crippen molar-refractivity contribution >= 4 is 15.9 Å². The number of rotatable bonds is 2. The number of nitrogens with zero attached hydrogens (tertiary/aromatic N) is 4. The lowest BCUT2D eigenvalue weighted by molar-refractivity contribution is 1.17. The van der Waals surface area contributed by atoms with E-state index in [0.717, 1.165) is 26.7 Å². The van der Waals surface area contributed by atoms with Gasteiger partial charge in [0, 0.05) is 40.4 Å². The molecule has 3 aromatic rings. The maximum Gasteiger partial charge on any atom is 0.115 e. The molecule has 3 rings (SSSR count). The molecular formula is C14H9BrN4. The van der Waals surface area contributed by atoms with E-state index in [1.807, 2.05) is 12.1 Å². The Labute approximate surface area is 118 Å². The molecule has 0 saturated heterocycles. The minimum absolute atomic E-state index is 0.974. The van der Waals surface area contributed by atoms with Crippen molar-refractivity contribution in [2.45, 2.75) is 0 Å². The third-order valence-electron chi connectivity index (χ3n) is 2.69. The Hall–Kier alpha value is -2.14. The van der Waals surface area contributed by atoms with Crippen molar-refractivity contribution in [3.8, 4) is 22.3 Å². The molecule has 0 saturated carbocycles. The summed E-state index contributed by atoms with van der Waals surface area (Å²) < 4.78 is 0.993. The van der Waals surface area contributed by atoms with E-state index >= 15 is 0 Å². The van der Waals surface area contributed by atoms with E-state index in [0.29, 0.717) is 0 Å². The Bertz CT molecular complexity index is 629. The molecule has 5 heteroatoms. The fourth-order valence-electron chi connectivity index (χ4n) is 1.82. The van der Waals surface area contributed by atoms with Crippen LogP contribution in [0.4, 0.5) is 0 Å². The van der Waals surface area contributed by atoms with Crippen molar-refractivity contribution in [1.29, 1.82) is 0 Å². The Balaban J connectivity index is 2.12. The van der Waals surface area contributed by atoms with Crippen LogP contribution in [0.2, 0.25) is 0 Å². The predicted octanol–water partition coefficient (Wildman–Crippen LogP) is 3.36. The Morgan fingerprint density at radius 3 is 1.42 bits per heavy atom. The molecule has 0 unspecified atom stereocenters. The first-order chi connectivity index (χ1) is 9.33. The van der Waals surface area contributed by atoms with Gasteiger partial charge >= 0.3 is 0 Å². The molecule has 2 heterocycles. The lowest BCUT2D eigenvalue weighted by atomic mass is 10.0. The Morgan fingerprint density at radius 2 is 1.00 bits per heavy atom. The van der Waals surface area contributed by atoms with Gasteiger partial charge in [-0.15, -0.1) is 0 Å². The van der Waals surface area contributed by atoms with Crippen molar-refractivity contribution < 1.29 is 0 Å². The van der Waals surface area contributed by atoms with Crippen LogP contribution in [-0.2, 0) is 0 Å². The van der Waals surface area contributed by atoms with Crippen LogP contribution < -0.4 is 0 Å². The highest BCUT2D eigenvalue weighted by molar-refractivity contribution is 9.10. The lowest BCUT2D eigenvalue weighted by Crippen LogP contribution is -1.86. The number of hydrogen-bond donors (Lipinski definition) is 0. The van der Waals surface area contributed by atoms with Gasteiger partial charge in [0.05, 0.1) is 0 Å². The molecule has 0 bridgehead atoms. The molecule has 0 N–H and O–H groups in total. The zero-order valence-corrected chi connectivity index (χ0v) is 11.4. The highest BCUT2D eigenvalue weighted by Gasteiger charge is 2.05. The van der Waals surface area contributed by atoms with Gasteiger partial charge in [0.1, 0.15) is 12.7 Å². The van der Waals surface area contributed by atoms with Crippen LogP contribution in [0.5, 0.6) is 0 Å². The van der Waals surface area contributed by atoms with Crippen LogP contribution in [0.15, 0.2) is 60.1 Å². The molecule has 0 spiro atoms. The van der Waals surface area contributed by atoms with Gasteiger partial charge in [-0.25, -0.2) is 19.9 Å². The van der Waals surface area contributed by atoms with Crippen LogP contribution in [-0.4, -0.2) is 19.9 Å². The van der Waals surface area contributed by atoms with Crippen LogP contribution in [0.25, 0.3) is 22.3 Å². The van der Waals surface area contributed by atoms with E-state index in [9.17, 15) is 0 Å². The van der Waals surface area contributed by atoms with Gasteiger partial charge in [0.2, 0.25) is 0 Å². The van der Waals surface area contributed by atoms with Crippen LogP contribution in [0, 0.1) is 0 Å². The molecule has 0 aliphatic rings. The molecular weight excluding hydrogens is 304 g/mol. The summed E-state index contributed by atoms with van der Waals surface area (Å²) in [6, 6.07) is 6.14. The van der Waals surface area contributed by atoms with Crippen LogP contribution >= 0.6 is 15.9 Å². The van der Waals surface area contributed by atoms with E-state index in [2.05, 4.69) is 41.9 Å². The Morgan fingerprint density at radius 1 is 0.579 bits per heavy atom. The largest absolute Gasteiger partial charge is 0.244 e. The molecule has 0 radical (unpaired) electrons. The summed E-state index contributed by atoms with van der Waals surface area (Å²) in [6.07, 6.45) is 10.2. The van der Waals surface area contributed by atoms with Gasteiger partial charge in [-0.3, -0.25) is 0 Å². The molecule has 0 aliphatic carbocycles. The van der Waals surface area contributed by atoms with E-state index in [-0.39, 0.29) is 0 Å². The van der Waals surface area contributed by atoms with Crippen molar-refractivity contribution in [1.82, 2.24) is 19.9 Å². The smallest absolute Gasteiger partial charge is 0.115 e. The average Bonchev–Trinajstić information content (AvgIpc) is 2.48. The highest BCUT2D eigenvalue weighted by atomic mass is 79.9. The van der Waals surface area contributed by atoms with Gasteiger partial charge in [0.25, 0.3) is 0 Å². The molecule has 92 valence electrons. The van der Waals surface area contributed by atoms with E-state index in [4.69, 9.17) is 0 Å². The lowest BCUT2D eigenvalue weighted by Gasteiger charge is -2.06. The summed E-state index contributed by atoms with van der Waals surface area (Å²) >= 11 is 3.53. The molecule has 0 amide bonds. The summed E-state index contributed by atoms with van der Waals surface area (Å²) in [4.78, 5) is 16.2. The number of halogens is 1. The second-order valence-corrected chi connectivity index (χ2v) is 4.90. The normalized spacial score (nSPS) is 10.4. The first kappa shape index (κ1) is 11.9. The molecule has 0 fully saturated rings. The topological polar surface area (TPSA) is 51.6 Å².